The SMILES string of the molecule is Cc1sc2nc(Cc3cc(F)c(F)cc3C3CC3)cc(=O)n2c1C(N)=O. The average molecular weight is 375 g/mol. The van der Waals surface area contributed by atoms with Gasteiger partial charge in [0.1, 0.15) is 5.69 Å². The topological polar surface area (TPSA) is 77.5 Å². The molecule has 2 N–H and O–H groups in total. The first-order chi connectivity index (χ1) is 12.3. The number of aryl methyl sites for hydroxylation is 1. The Bertz CT molecular complexity index is 1120. The van der Waals surface area contributed by atoms with Gasteiger partial charge in [-0.25, -0.2) is 18.2 Å². The van der Waals surface area contributed by atoms with E-state index in [9.17, 15) is 18.4 Å². The number of thiazole rings is 1. The molecule has 26 heavy (non-hydrogen) atoms. The summed E-state index contributed by atoms with van der Waals surface area (Å²) in [6, 6.07) is 3.73. The van der Waals surface area contributed by atoms with Gasteiger partial charge in [0.2, 0.25) is 0 Å². The Morgan fingerprint density at radius 1 is 1.31 bits per heavy atom. The van der Waals surface area contributed by atoms with Crippen LogP contribution in [0.15, 0.2) is 23.0 Å². The number of nitrogens with two attached hydrogens (primary N) is 1. The molecule has 2 heterocycles. The zero-order valence-electron chi connectivity index (χ0n) is 13.9. The number of hydrogen-bond donors (Lipinski definition) is 1. The molecule has 8 heteroatoms. The first-order valence-electron chi connectivity index (χ1n) is 8.15. The predicted molar refractivity (Wildman–Crippen MR) is 93.7 cm³/mol. The molecule has 134 valence electrons. The highest BCUT2D eigenvalue weighted by Gasteiger charge is 2.28. The van der Waals surface area contributed by atoms with Crippen molar-refractivity contribution in [3.8, 4) is 0 Å². The van der Waals surface area contributed by atoms with E-state index in [1.165, 1.54) is 33.9 Å². The van der Waals surface area contributed by atoms with Gasteiger partial charge in [0, 0.05) is 17.4 Å². The van der Waals surface area contributed by atoms with Crippen LogP contribution in [0.1, 0.15) is 50.9 Å². The largest absolute Gasteiger partial charge is 0.364 e. The Labute approximate surface area is 151 Å². The van der Waals surface area contributed by atoms with E-state index in [0.717, 1.165) is 18.4 Å². The zero-order chi connectivity index (χ0) is 18.6. The number of carbonyl (C=O) groups is 1. The summed E-state index contributed by atoms with van der Waals surface area (Å²) in [5.74, 6) is -2.23. The molecule has 0 radical (unpaired) electrons. The van der Waals surface area contributed by atoms with Gasteiger partial charge in [-0.15, -0.1) is 11.3 Å². The molecule has 5 nitrogen and oxygen atoms in total. The van der Waals surface area contributed by atoms with Crippen molar-refractivity contribution in [2.24, 2.45) is 5.73 Å². The molecule has 1 aliphatic rings. The zero-order valence-corrected chi connectivity index (χ0v) is 14.7. The third-order valence-corrected chi connectivity index (χ3v) is 5.50. The van der Waals surface area contributed by atoms with Crippen LogP contribution in [0, 0.1) is 18.6 Å². The minimum atomic E-state index is -0.912. The van der Waals surface area contributed by atoms with Crippen molar-refractivity contribution >= 4 is 22.2 Å². The maximum absolute atomic E-state index is 13.7. The molecule has 1 saturated carbocycles. The molecular weight excluding hydrogens is 360 g/mol. The number of aromatic nitrogens is 2. The first kappa shape index (κ1) is 16.8. The van der Waals surface area contributed by atoms with Crippen molar-refractivity contribution in [1.82, 2.24) is 9.38 Å². The number of halogens is 2. The van der Waals surface area contributed by atoms with E-state index in [2.05, 4.69) is 4.98 Å². The van der Waals surface area contributed by atoms with Crippen molar-refractivity contribution in [2.75, 3.05) is 0 Å². The molecule has 4 rings (SSSR count). The highest BCUT2D eigenvalue weighted by atomic mass is 32.1. The van der Waals surface area contributed by atoms with Crippen LogP contribution in [0.2, 0.25) is 0 Å². The van der Waals surface area contributed by atoms with Gasteiger partial charge < -0.3 is 5.73 Å². The molecule has 0 saturated heterocycles. The van der Waals surface area contributed by atoms with Crippen molar-refractivity contribution in [3.05, 3.63) is 67.6 Å². The Morgan fingerprint density at radius 2 is 2.00 bits per heavy atom. The lowest BCUT2D eigenvalue weighted by atomic mass is 9.98. The lowest BCUT2D eigenvalue weighted by Crippen LogP contribution is -2.23. The number of carbonyl (C=O) groups excluding carboxylic acids is 1. The lowest BCUT2D eigenvalue weighted by Gasteiger charge is -2.10. The molecule has 1 aromatic carbocycles. The summed E-state index contributed by atoms with van der Waals surface area (Å²) in [6.45, 7) is 1.69. The number of amides is 1. The summed E-state index contributed by atoms with van der Waals surface area (Å²) in [6.07, 6.45) is 2.11. The summed E-state index contributed by atoms with van der Waals surface area (Å²) in [5, 5.41) is 0. The van der Waals surface area contributed by atoms with Crippen LogP contribution >= 0.6 is 11.3 Å². The number of nitrogens with zero attached hydrogens (tertiary/aromatic N) is 2. The second-order valence-corrected chi connectivity index (χ2v) is 7.67. The Kier molecular flexibility index (Phi) is 3.87. The van der Waals surface area contributed by atoms with E-state index in [1.807, 2.05) is 0 Å². The van der Waals surface area contributed by atoms with E-state index >= 15 is 0 Å². The number of benzene rings is 1. The quantitative estimate of drug-likeness (QED) is 0.762. The van der Waals surface area contributed by atoms with Crippen LogP contribution in [0.4, 0.5) is 8.78 Å². The fourth-order valence-corrected chi connectivity index (χ4v) is 4.22. The molecule has 0 spiro atoms. The van der Waals surface area contributed by atoms with Crippen LogP contribution in [0.5, 0.6) is 0 Å². The van der Waals surface area contributed by atoms with Crippen LogP contribution < -0.4 is 11.3 Å². The van der Waals surface area contributed by atoms with Crippen LogP contribution in [-0.2, 0) is 6.42 Å². The second kappa shape index (κ2) is 5.98. The van der Waals surface area contributed by atoms with E-state index in [-0.39, 0.29) is 18.0 Å². The van der Waals surface area contributed by atoms with Crippen molar-refractivity contribution in [3.63, 3.8) is 0 Å². The normalized spacial score (nSPS) is 14.1. The van der Waals surface area contributed by atoms with Crippen molar-refractivity contribution in [2.45, 2.75) is 32.1 Å². The first-order valence-corrected chi connectivity index (χ1v) is 8.96. The Balaban J connectivity index is 1.81. The Morgan fingerprint density at radius 3 is 2.65 bits per heavy atom. The van der Waals surface area contributed by atoms with Crippen molar-refractivity contribution < 1.29 is 13.6 Å². The minimum Gasteiger partial charge on any atom is -0.364 e. The summed E-state index contributed by atoms with van der Waals surface area (Å²) >= 11 is 1.19. The van der Waals surface area contributed by atoms with E-state index in [0.29, 0.717) is 21.1 Å². The third kappa shape index (κ3) is 2.80. The third-order valence-electron chi connectivity index (χ3n) is 4.55. The average Bonchev–Trinajstić information content (AvgIpc) is 3.33. The highest BCUT2D eigenvalue weighted by Crippen LogP contribution is 2.42. The molecule has 1 aliphatic carbocycles. The second-order valence-electron chi connectivity index (χ2n) is 6.49. The van der Waals surface area contributed by atoms with Gasteiger partial charge in [0.05, 0.1) is 5.69 Å². The van der Waals surface area contributed by atoms with Crippen LogP contribution in [0.25, 0.3) is 4.96 Å². The summed E-state index contributed by atoms with van der Waals surface area (Å²) in [4.78, 5) is 29.4. The molecule has 2 aromatic heterocycles. The monoisotopic (exact) mass is 375 g/mol. The van der Waals surface area contributed by atoms with Crippen molar-refractivity contribution in [1.29, 1.82) is 0 Å². The van der Waals surface area contributed by atoms with Crippen LogP contribution in [0.3, 0.4) is 0 Å². The highest BCUT2D eigenvalue weighted by molar-refractivity contribution is 7.17. The standard InChI is InChI=1S/C18H15F2N3O2S/c1-8-16(17(21)25)23-15(24)6-11(22-18(23)26-8)4-10-5-13(19)14(20)7-12(10)9-2-3-9/h5-7,9H,2-4H2,1H3,(H2,21,25). The van der Waals surface area contributed by atoms with Crippen LogP contribution in [-0.4, -0.2) is 15.3 Å². The van der Waals surface area contributed by atoms with Gasteiger partial charge in [-0.05, 0) is 48.9 Å². The molecule has 1 amide bonds. The maximum Gasteiger partial charge on any atom is 0.266 e. The summed E-state index contributed by atoms with van der Waals surface area (Å²) in [5.41, 5.74) is 6.90. The predicted octanol–water partition coefficient (Wildman–Crippen LogP) is 2.91. The minimum absolute atomic E-state index is 0.126. The van der Waals surface area contributed by atoms with E-state index < -0.39 is 23.1 Å². The lowest BCUT2D eigenvalue weighted by molar-refractivity contribution is 0.0994. The number of rotatable bonds is 4. The Hall–Kier alpha value is -2.61. The molecule has 0 atom stereocenters. The molecule has 1 fully saturated rings. The molecule has 0 aliphatic heterocycles. The van der Waals surface area contributed by atoms with Gasteiger partial charge >= 0.3 is 0 Å². The number of primary amides is 1. The summed E-state index contributed by atoms with van der Waals surface area (Å²) in [7, 11) is 0. The van der Waals surface area contributed by atoms with E-state index in [4.69, 9.17) is 5.73 Å². The fraction of sp³-hybridized carbons (Fsp3) is 0.278. The molecule has 3 aromatic rings. The molecule has 0 unspecified atom stereocenters. The number of fused-ring (bicyclic) bond motifs is 1. The van der Waals surface area contributed by atoms with Gasteiger partial charge in [-0.1, -0.05) is 0 Å². The van der Waals surface area contributed by atoms with Gasteiger partial charge in [0.15, 0.2) is 16.6 Å². The smallest absolute Gasteiger partial charge is 0.266 e. The van der Waals surface area contributed by atoms with E-state index in [1.54, 1.807) is 6.92 Å². The maximum atomic E-state index is 13.7. The van der Waals surface area contributed by atoms with Gasteiger partial charge in [-0.2, -0.15) is 0 Å². The fourth-order valence-electron chi connectivity index (χ4n) is 3.22. The molecular formula is C18H15F2N3O2S. The number of hydrogen-bond acceptors (Lipinski definition) is 4. The van der Waals surface area contributed by atoms with Gasteiger partial charge in [-0.3, -0.25) is 9.59 Å². The summed E-state index contributed by atoms with van der Waals surface area (Å²) < 4.78 is 28.5. The molecule has 0 bridgehead atoms. The van der Waals surface area contributed by atoms with Gasteiger partial charge in [0.25, 0.3) is 11.5 Å².